The Kier molecular flexibility index (Phi) is 8.47. The van der Waals surface area contributed by atoms with E-state index in [0.717, 1.165) is 22.4 Å². The van der Waals surface area contributed by atoms with Crippen LogP contribution in [0.1, 0.15) is 30.5 Å². The third-order valence-corrected chi connectivity index (χ3v) is 6.01. The van der Waals surface area contributed by atoms with Gasteiger partial charge in [0.25, 0.3) is 0 Å². The molecule has 3 rings (SSSR count). The lowest BCUT2D eigenvalue weighted by molar-refractivity contribution is -0.140. The average molecular weight is 458 g/mol. The van der Waals surface area contributed by atoms with Gasteiger partial charge in [-0.2, -0.15) is 0 Å². The van der Waals surface area contributed by atoms with Crippen LogP contribution in [0.3, 0.4) is 0 Å². The summed E-state index contributed by atoms with van der Waals surface area (Å²) in [5.41, 5.74) is 4.84. The quantitative estimate of drug-likeness (QED) is 0.475. The van der Waals surface area contributed by atoms with Crippen LogP contribution in [0, 0.1) is 12.8 Å². The zero-order valence-electron chi connectivity index (χ0n) is 20.8. The standard InChI is InChI=1S/C29H35N3O2/c1-21(2)28(29(34)30-25-15-17-26(18-16-25)31(4)5)32(20-24-14-10-9-11-22(24)3)27(33)19-23-12-7-6-8-13-23/h6-18,21,28H,19-20H2,1-5H3,(H,30,34)/t28-/m0/s1. The van der Waals surface area contributed by atoms with Crippen LogP contribution in [-0.4, -0.2) is 36.9 Å². The molecule has 3 aromatic carbocycles. The Morgan fingerprint density at radius 3 is 2.06 bits per heavy atom. The Bertz CT molecular complexity index is 1090. The fraction of sp³-hybridized carbons (Fsp3) is 0.310. The number of benzene rings is 3. The molecule has 0 heterocycles. The molecular weight excluding hydrogens is 422 g/mol. The van der Waals surface area contributed by atoms with Crippen molar-refractivity contribution in [2.45, 2.75) is 39.8 Å². The van der Waals surface area contributed by atoms with Crippen LogP contribution >= 0.6 is 0 Å². The summed E-state index contributed by atoms with van der Waals surface area (Å²) in [6.45, 7) is 6.39. The van der Waals surface area contributed by atoms with Gasteiger partial charge in [-0.1, -0.05) is 68.4 Å². The van der Waals surface area contributed by atoms with Crippen LogP contribution in [0.15, 0.2) is 78.9 Å². The minimum absolute atomic E-state index is 0.0636. The maximum atomic E-state index is 13.6. The first-order chi connectivity index (χ1) is 16.3. The summed E-state index contributed by atoms with van der Waals surface area (Å²) in [4.78, 5) is 30.9. The Hall–Kier alpha value is -3.60. The molecule has 0 unspecified atom stereocenters. The highest BCUT2D eigenvalue weighted by atomic mass is 16.2. The maximum absolute atomic E-state index is 13.6. The molecule has 0 aliphatic rings. The van der Waals surface area contributed by atoms with Crippen molar-refractivity contribution in [3.63, 3.8) is 0 Å². The second-order valence-electron chi connectivity index (χ2n) is 9.23. The van der Waals surface area contributed by atoms with Crippen LogP contribution < -0.4 is 10.2 Å². The van der Waals surface area contributed by atoms with Gasteiger partial charge in [0.05, 0.1) is 6.42 Å². The minimum Gasteiger partial charge on any atom is -0.378 e. The van der Waals surface area contributed by atoms with E-state index >= 15 is 0 Å². The predicted molar refractivity (Wildman–Crippen MR) is 140 cm³/mol. The van der Waals surface area contributed by atoms with Crippen molar-refractivity contribution in [2.24, 2.45) is 5.92 Å². The summed E-state index contributed by atoms with van der Waals surface area (Å²) >= 11 is 0. The number of anilines is 2. The lowest BCUT2D eigenvalue weighted by atomic mass is 9.98. The molecule has 2 amide bonds. The Labute approximate surface area is 203 Å². The first kappa shape index (κ1) is 25.0. The summed E-state index contributed by atoms with van der Waals surface area (Å²) in [7, 11) is 3.95. The first-order valence-electron chi connectivity index (χ1n) is 11.7. The molecular formula is C29H35N3O2. The van der Waals surface area contributed by atoms with Crippen molar-refractivity contribution in [1.82, 2.24) is 4.90 Å². The molecule has 0 aliphatic heterocycles. The molecule has 0 aromatic heterocycles. The van der Waals surface area contributed by atoms with Gasteiger partial charge >= 0.3 is 0 Å². The second kappa shape index (κ2) is 11.5. The van der Waals surface area contributed by atoms with Crippen molar-refractivity contribution < 1.29 is 9.59 Å². The molecule has 1 N–H and O–H groups in total. The number of hydrogen-bond donors (Lipinski definition) is 1. The van der Waals surface area contributed by atoms with E-state index in [1.807, 2.05) is 119 Å². The summed E-state index contributed by atoms with van der Waals surface area (Å²) < 4.78 is 0. The fourth-order valence-corrected chi connectivity index (χ4v) is 4.05. The fourth-order valence-electron chi connectivity index (χ4n) is 4.05. The van der Waals surface area contributed by atoms with E-state index < -0.39 is 6.04 Å². The van der Waals surface area contributed by atoms with Gasteiger partial charge in [-0.05, 0) is 53.8 Å². The van der Waals surface area contributed by atoms with Gasteiger partial charge in [0, 0.05) is 32.0 Å². The lowest BCUT2D eigenvalue weighted by Gasteiger charge is -2.34. The maximum Gasteiger partial charge on any atom is 0.247 e. The normalized spacial score (nSPS) is 11.7. The molecule has 5 nitrogen and oxygen atoms in total. The van der Waals surface area contributed by atoms with Crippen LogP contribution in [-0.2, 0) is 22.6 Å². The summed E-state index contributed by atoms with van der Waals surface area (Å²) in [6, 6.07) is 24.8. The third-order valence-electron chi connectivity index (χ3n) is 6.01. The van der Waals surface area contributed by atoms with Gasteiger partial charge in [-0.15, -0.1) is 0 Å². The van der Waals surface area contributed by atoms with Crippen molar-refractivity contribution in [1.29, 1.82) is 0 Å². The van der Waals surface area contributed by atoms with E-state index in [1.54, 1.807) is 4.90 Å². The number of carbonyl (C=O) groups excluding carboxylic acids is 2. The summed E-state index contributed by atoms with van der Waals surface area (Å²) in [6.07, 6.45) is 0.251. The molecule has 34 heavy (non-hydrogen) atoms. The van der Waals surface area contributed by atoms with Gasteiger partial charge in [-0.25, -0.2) is 0 Å². The smallest absolute Gasteiger partial charge is 0.247 e. The van der Waals surface area contributed by atoms with Crippen LogP contribution in [0.25, 0.3) is 0 Å². The highest BCUT2D eigenvalue weighted by Gasteiger charge is 2.33. The topological polar surface area (TPSA) is 52.7 Å². The molecule has 0 spiro atoms. The zero-order chi connectivity index (χ0) is 24.7. The Morgan fingerprint density at radius 1 is 0.853 bits per heavy atom. The molecule has 0 fully saturated rings. The van der Waals surface area contributed by atoms with Crippen LogP contribution in [0.2, 0.25) is 0 Å². The van der Waals surface area contributed by atoms with Gasteiger partial charge in [0.1, 0.15) is 6.04 Å². The molecule has 0 aliphatic carbocycles. The molecule has 1 atom stereocenters. The number of hydrogen-bond acceptors (Lipinski definition) is 3. The van der Waals surface area contributed by atoms with Crippen molar-refractivity contribution in [3.8, 4) is 0 Å². The van der Waals surface area contributed by atoms with Crippen molar-refractivity contribution >= 4 is 23.2 Å². The Morgan fingerprint density at radius 2 is 1.47 bits per heavy atom. The van der Waals surface area contributed by atoms with Gasteiger partial charge < -0.3 is 15.1 Å². The van der Waals surface area contributed by atoms with Crippen molar-refractivity contribution in [2.75, 3.05) is 24.3 Å². The third kappa shape index (κ3) is 6.47. The predicted octanol–water partition coefficient (Wildman–Crippen LogP) is 5.30. The van der Waals surface area contributed by atoms with Gasteiger partial charge in [-0.3, -0.25) is 9.59 Å². The van der Waals surface area contributed by atoms with Crippen LogP contribution in [0.4, 0.5) is 11.4 Å². The number of nitrogens with zero attached hydrogens (tertiary/aromatic N) is 2. The van der Waals surface area contributed by atoms with E-state index in [-0.39, 0.29) is 24.2 Å². The molecule has 5 heteroatoms. The highest BCUT2D eigenvalue weighted by molar-refractivity contribution is 5.97. The first-order valence-corrected chi connectivity index (χ1v) is 11.7. The zero-order valence-corrected chi connectivity index (χ0v) is 20.8. The molecule has 0 radical (unpaired) electrons. The summed E-state index contributed by atoms with van der Waals surface area (Å²) in [5, 5.41) is 3.04. The number of rotatable bonds is 9. The monoisotopic (exact) mass is 457 g/mol. The van der Waals surface area contributed by atoms with E-state index in [2.05, 4.69) is 5.32 Å². The average Bonchev–Trinajstić information content (AvgIpc) is 2.80. The molecule has 0 saturated heterocycles. The molecule has 3 aromatic rings. The SMILES string of the molecule is Cc1ccccc1CN(C(=O)Cc1ccccc1)[C@H](C(=O)Nc1ccc(N(C)C)cc1)C(C)C. The lowest BCUT2D eigenvalue weighted by Crippen LogP contribution is -2.50. The second-order valence-corrected chi connectivity index (χ2v) is 9.23. The van der Waals surface area contributed by atoms with Gasteiger partial charge in [0.2, 0.25) is 11.8 Å². The molecule has 0 saturated carbocycles. The number of carbonyl (C=O) groups is 2. The number of aryl methyl sites for hydroxylation is 1. The molecule has 0 bridgehead atoms. The number of nitrogens with one attached hydrogen (secondary N) is 1. The largest absolute Gasteiger partial charge is 0.378 e. The van der Waals surface area contributed by atoms with E-state index in [1.165, 1.54) is 0 Å². The summed E-state index contributed by atoms with van der Waals surface area (Å²) in [5.74, 6) is -0.307. The minimum atomic E-state index is -0.607. The van der Waals surface area contributed by atoms with E-state index in [9.17, 15) is 9.59 Å². The van der Waals surface area contributed by atoms with Crippen molar-refractivity contribution in [3.05, 3.63) is 95.6 Å². The van der Waals surface area contributed by atoms with Gasteiger partial charge in [0.15, 0.2) is 0 Å². The Balaban J connectivity index is 1.89. The highest BCUT2D eigenvalue weighted by Crippen LogP contribution is 2.22. The van der Waals surface area contributed by atoms with E-state index in [0.29, 0.717) is 12.2 Å². The molecule has 178 valence electrons. The van der Waals surface area contributed by atoms with Crippen LogP contribution in [0.5, 0.6) is 0 Å². The van der Waals surface area contributed by atoms with E-state index in [4.69, 9.17) is 0 Å². The number of amides is 2.